The zero-order chi connectivity index (χ0) is 14.6. The van der Waals surface area contributed by atoms with Gasteiger partial charge in [-0.1, -0.05) is 29.8 Å². The van der Waals surface area contributed by atoms with E-state index in [9.17, 15) is 12.8 Å². The van der Waals surface area contributed by atoms with Crippen molar-refractivity contribution in [1.82, 2.24) is 9.62 Å². The number of benzene rings is 1. The molecule has 1 rings (SSSR count). The van der Waals surface area contributed by atoms with Crippen LogP contribution in [0.2, 0.25) is 0 Å². The Labute approximate surface area is 122 Å². The molecule has 0 bridgehead atoms. The van der Waals surface area contributed by atoms with Gasteiger partial charge in [-0.15, -0.1) is 0 Å². The first kappa shape index (κ1) is 16.6. The summed E-state index contributed by atoms with van der Waals surface area (Å²) in [6.45, 7) is 4.35. The first-order valence-corrected chi connectivity index (χ1v) is 8.24. The maximum atomic E-state index is 14.3. The van der Waals surface area contributed by atoms with Crippen LogP contribution in [0.1, 0.15) is 19.4 Å². The summed E-state index contributed by atoms with van der Waals surface area (Å²) in [5.41, 5.74) is 0.322. The Morgan fingerprint density at radius 1 is 1.32 bits per heavy atom. The summed E-state index contributed by atoms with van der Waals surface area (Å²) in [6.07, 6.45) is 0. The molecule has 0 amide bonds. The maximum absolute atomic E-state index is 14.3. The lowest BCUT2D eigenvalue weighted by Crippen LogP contribution is -2.31. The molecule has 0 aliphatic heterocycles. The molecule has 0 unspecified atom stereocenters. The molecule has 0 heterocycles. The fourth-order valence-corrected chi connectivity index (χ4v) is 4.08. The number of sulfonamides is 1. The summed E-state index contributed by atoms with van der Waals surface area (Å²) in [5, 5.41) is 2.82. The Kier molecular flexibility index (Phi) is 5.91. The Bertz CT molecular complexity index is 545. The third-order valence-corrected chi connectivity index (χ3v) is 5.28. The molecule has 0 radical (unpaired) electrons. The van der Waals surface area contributed by atoms with E-state index in [0.717, 1.165) is 0 Å². The van der Waals surface area contributed by atoms with E-state index in [0.29, 0.717) is 23.1 Å². The molecule has 1 N–H and O–H groups in total. The van der Waals surface area contributed by atoms with E-state index < -0.39 is 15.8 Å². The standard InChI is InChI=1S/C12H18BrFN2O2S/c1-4-16(5-2)19(17,18)11-7-10(13)6-9(8-15-3)12(11)14/h6-7,15H,4-5,8H2,1-3H3. The second-order valence-corrected chi connectivity index (χ2v) is 6.82. The van der Waals surface area contributed by atoms with Gasteiger partial charge in [0.2, 0.25) is 10.0 Å². The first-order valence-electron chi connectivity index (χ1n) is 6.01. The van der Waals surface area contributed by atoms with Crippen molar-refractivity contribution < 1.29 is 12.8 Å². The smallest absolute Gasteiger partial charge is 0.246 e. The molecular weight excluding hydrogens is 335 g/mol. The number of rotatable bonds is 6. The summed E-state index contributed by atoms with van der Waals surface area (Å²) in [7, 11) is -2.12. The average Bonchev–Trinajstić information content (AvgIpc) is 2.34. The molecule has 0 spiro atoms. The molecule has 0 aliphatic rings. The molecule has 0 saturated heterocycles. The Morgan fingerprint density at radius 2 is 1.89 bits per heavy atom. The van der Waals surface area contributed by atoms with Gasteiger partial charge in [0.1, 0.15) is 10.7 Å². The summed E-state index contributed by atoms with van der Waals surface area (Å²) in [5.74, 6) is -0.690. The number of nitrogens with zero attached hydrogens (tertiary/aromatic N) is 1. The molecule has 0 aromatic heterocycles. The highest BCUT2D eigenvalue weighted by Crippen LogP contribution is 2.26. The molecule has 4 nitrogen and oxygen atoms in total. The SMILES string of the molecule is CCN(CC)S(=O)(=O)c1cc(Br)cc(CNC)c1F. The van der Waals surface area contributed by atoms with Crippen molar-refractivity contribution in [3.63, 3.8) is 0 Å². The molecular formula is C12H18BrFN2O2S. The van der Waals surface area contributed by atoms with Crippen molar-refractivity contribution in [2.75, 3.05) is 20.1 Å². The second kappa shape index (κ2) is 6.78. The lowest BCUT2D eigenvalue weighted by Gasteiger charge is -2.20. The van der Waals surface area contributed by atoms with E-state index in [1.807, 2.05) is 0 Å². The van der Waals surface area contributed by atoms with Gasteiger partial charge in [0, 0.05) is 29.7 Å². The Hall–Kier alpha value is -0.500. The van der Waals surface area contributed by atoms with Crippen molar-refractivity contribution >= 4 is 26.0 Å². The molecule has 0 aliphatic carbocycles. The quantitative estimate of drug-likeness (QED) is 0.854. The third kappa shape index (κ3) is 3.53. The van der Waals surface area contributed by atoms with Crippen LogP contribution < -0.4 is 5.32 Å². The van der Waals surface area contributed by atoms with Gasteiger partial charge in [-0.25, -0.2) is 12.8 Å². The lowest BCUT2D eigenvalue weighted by molar-refractivity contribution is 0.439. The van der Waals surface area contributed by atoms with Crippen molar-refractivity contribution in [3.05, 3.63) is 28.0 Å². The van der Waals surface area contributed by atoms with Gasteiger partial charge in [-0.2, -0.15) is 4.31 Å². The van der Waals surface area contributed by atoms with Crippen molar-refractivity contribution in [2.45, 2.75) is 25.3 Å². The van der Waals surface area contributed by atoms with E-state index in [-0.39, 0.29) is 11.4 Å². The van der Waals surface area contributed by atoms with Crippen LogP contribution in [0.3, 0.4) is 0 Å². The van der Waals surface area contributed by atoms with E-state index >= 15 is 0 Å². The highest BCUT2D eigenvalue weighted by Gasteiger charge is 2.27. The molecule has 108 valence electrons. The number of hydrogen-bond donors (Lipinski definition) is 1. The van der Waals surface area contributed by atoms with Crippen LogP contribution in [0.25, 0.3) is 0 Å². The summed E-state index contributed by atoms with van der Waals surface area (Å²) in [6, 6.07) is 2.88. The number of halogens is 2. The van der Waals surface area contributed by atoms with Gasteiger partial charge < -0.3 is 5.32 Å². The zero-order valence-corrected chi connectivity index (χ0v) is 13.6. The van der Waals surface area contributed by atoms with E-state index in [4.69, 9.17) is 0 Å². The van der Waals surface area contributed by atoms with Gasteiger partial charge >= 0.3 is 0 Å². The van der Waals surface area contributed by atoms with E-state index in [1.54, 1.807) is 27.0 Å². The Morgan fingerprint density at radius 3 is 2.37 bits per heavy atom. The van der Waals surface area contributed by atoms with Crippen LogP contribution >= 0.6 is 15.9 Å². The Balaban J connectivity index is 3.42. The highest BCUT2D eigenvalue weighted by molar-refractivity contribution is 9.10. The van der Waals surface area contributed by atoms with Crippen molar-refractivity contribution in [2.24, 2.45) is 0 Å². The number of nitrogens with one attached hydrogen (secondary N) is 1. The van der Waals surface area contributed by atoms with Crippen LogP contribution in [0.5, 0.6) is 0 Å². The molecule has 0 saturated carbocycles. The molecule has 0 fully saturated rings. The predicted octanol–water partition coefficient (Wildman–Crippen LogP) is 2.34. The van der Waals surface area contributed by atoms with Gasteiger partial charge in [-0.3, -0.25) is 0 Å². The van der Waals surface area contributed by atoms with Crippen molar-refractivity contribution in [1.29, 1.82) is 0 Å². The van der Waals surface area contributed by atoms with Crippen LogP contribution in [0, 0.1) is 5.82 Å². The minimum absolute atomic E-state index is 0.270. The number of hydrogen-bond acceptors (Lipinski definition) is 3. The van der Waals surface area contributed by atoms with Gasteiger partial charge in [0.15, 0.2) is 0 Å². The topological polar surface area (TPSA) is 49.4 Å². The largest absolute Gasteiger partial charge is 0.316 e. The molecule has 19 heavy (non-hydrogen) atoms. The second-order valence-electron chi connectivity index (χ2n) is 4.00. The maximum Gasteiger partial charge on any atom is 0.246 e. The summed E-state index contributed by atoms with van der Waals surface area (Å²) >= 11 is 3.23. The highest BCUT2D eigenvalue weighted by atomic mass is 79.9. The molecule has 1 aromatic carbocycles. The molecule has 0 atom stereocenters. The first-order chi connectivity index (χ1) is 8.88. The zero-order valence-electron chi connectivity index (χ0n) is 11.2. The van der Waals surface area contributed by atoms with Gasteiger partial charge in [0.05, 0.1) is 0 Å². The fourth-order valence-electron chi connectivity index (χ4n) is 1.83. The van der Waals surface area contributed by atoms with E-state index in [1.165, 1.54) is 10.4 Å². The summed E-state index contributed by atoms with van der Waals surface area (Å²) < 4.78 is 40.8. The predicted molar refractivity (Wildman–Crippen MR) is 77.0 cm³/mol. The molecule has 7 heteroatoms. The summed E-state index contributed by atoms with van der Waals surface area (Å²) in [4.78, 5) is -0.282. The van der Waals surface area contributed by atoms with Crippen LogP contribution in [0.15, 0.2) is 21.5 Å². The van der Waals surface area contributed by atoms with Crippen LogP contribution in [0.4, 0.5) is 4.39 Å². The van der Waals surface area contributed by atoms with Crippen molar-refractivity contribution in [3.8, 4) is 0 Å². The monoisotopic (exact) mass is 352 g/mol. The molecule has 1 aromatic rings. The van der Waals surface area contributed by atoms with Gasteiger partial charge in [0.25, 0.3) is 0 Å². The third-order valence-electron chi connectivity index (χ3n) is 2.77. The normalized spacial score (nSPS) is 12.1. The van der Waals surface area contributed by atoms with E-state index in [2.05, 4.69) is 21.2 Å². The minimum atomic E-state index is -3.79. The van der Waals surface area contributed by atoms with Gasteiger partial charge in [-0.05, 0) is 19.2 Å². The fraction of sp³-hybridized carbons (Fsp3) is 0.500. The van der Waals surface area contributed by atoms with Crippen LogP contribution in [-0.4, -0.2) is 32.9 Å². The van der Waals surface area contributed by atoms with Crippen LogP contribution in [-0.2, 0) is 16.6 Å². The minimum Gasteiger partial charge on any atom is -0.316 e. The average molecular weight is 353 g/mol. The lowest BCUT2D eigenvalue weighted by atomic mass is 10.2.